The number of nitrogens with zero attached hydrogens (tertiary/aromatic N) is 1. The molecule has 0 fully saturated rings. The Kier molecular flexibility index (Phi) is 4.87. The van der Waals surface area contributed by atoms with Gasteiger partial charge in [0, 0.05) is 10.9 Å². The Hall–Kier alpha value is -1.20. The summed E-state index contributed by atoms with van der Waals surface area (Å²) in [6, 6.07) is 0.526. The van der Waals surface area contributed by atoms with E-state index in [1.54, 1.807) is 11.3 Å². The standard InChI is InChI=1S/C18H27N3OS/c1-5-12(6-2)19-11(4)16-20-17(22)15-13-8-7-10(3)9-14(13)23-18(15)21-16/h10-12,19H,5-9H2,1-4H3,(H,20,21,22)/t10-,11-/m1/s1. The molecule has 0 saturated heterocycles. The maximum Gasteiger partial charge on any atom is 0.259 e. The van der Waals surface area contributed by atoms with Crippen molar-refractivity contribution in [1.82, 2.24) is 15.3 Å². The molecule has 0 radical (unpaired) electrons. The maximum atomic E-state index is 12.6. The molecule has 2 atom stereocenters. The van der Waals surface area contributed by atoms with Gasteiger partial charge in [-0.05, 0) is 50.5 Å². The van der Waals surface area contributed by atoms with E-state index < -0.39 is 0 Å². The number of aromatic amines is 1. The van der Waals surface area contributed by atoms with Crippen LogP contribution >= 0.6 is 11.3 Å². The van der Waals surface area contributed by atoms with Gasteiger partial charge in [0.25, 0.3) is 5.56 Å². The molecule has 23 heavy (non-hydrogen) atoms. The largest absolute Gasteiger partial charge is 0.309 e. The van der Waals surface area contributed by atoms with Gasteiger partial charge in [-0.2, -0.15) is 0 Å². The van der Waals surface area contributed by atoms with Crippen LogP contribution in [0.3, 0.4) is 0 Å². The number of aromatic nitrogens is 2. The molecule has 0 unspecified atom stereocenters. The topological polar surface area (TPSA) is 57.8 Å². The van der Waals surface area contributed by atoms with Gasteiger partial charge in [-0.3, -0.25) is 4.79 Å². The summed E-state index contributed by atoms with van der Waals surface area (Å²) in [6.07, 6.45) is 5.44. The third-order valence-electron chi connectivity index (χ3n) is 5.07. The van der Waals surface area contributed by atoms with E-state index >= 15 is 0 Å². The highest BCUT2D eigenvalue weighted by Gasteiger charge is 2.24. The first-order chi connectivity index (χ1) is 11.0. The predicted molar refractivity (Wildman–Crippen MR) is 97.4 cm³/mol. The molecule has 0 aromatic carbocycles. The number of aryl methyl sites for hydroxylation is 1. The Balaban J connectivity index is 1.97. The Labute approximate surface area is 141 Å². The van der Waals surface area contributed by atoms with Gasteiger partial charge in [0.1, 0.15) is 10.7 Å². The predicted octanol–water partition coefficient (Wildman–Crippen LogP) is 3.95. The molecule has 3 rings (SSSR count). The number of hydrogen-bond acceptors (Lipinski definition) is 4. The van der Waals surface area contributed by atoms with Crippen molar-refractivity contribution in [2.75, 3.05) is 0 Å². The van der Waals surface area contributed by atoms with Gasteiger partial charge in [-0.25, -0.2) is 4.98 Å². The van der Waals surface area contributed by atoms with Gasteiger partial charge >= 0.3 is 0 Å². The Bertz CT molecular complexity index is 745. The Morgan fingerprint density at radius 3 is 2.83 bits per heavy atom. The van der Waals surface area contributed by atoms with Gasteiger partial charge in [-0.15, -0.1) is 11.3 Å². The van der Waals surface area contributed by atoms with Crippen LogP contribution < -0.4 is 10.9 Å². The van der Waals surface area contributed by atoms with E-state index in [0.29, 0.717) is 12.0 Å². The summed E-state index contributed by atoms with van der Waals surface area (Å²) in [5, 5.41) is 4.41. The van der Waals surface area contributed by atoms with Crippen molar-refractivity contribution in [3.8, 4) is 0 Å². The highest BCUT2D eigenvalue weighted by Crippen LogP contribution is 2.35. The molecule has 0 aliphatic heterocycles. The average Bonchev–Trinajstić information content (AvgIpc) is 2.89. The molecule has 0 amide bonds. The first kappa shape index (κ1) is 16.7. The minimum Gasteiger partial charge on any atom is -0.309 e. The van der Waals surface area contributed by atoms with Gasteiger partial charge in [0.2, 0.25) is 0 Å². The third kappa shape index (κ3) is 3.22. The zero-order chi connectivity index (χ0) is 16.6. The highest BCUT2D eigenvalue weighted by atomic mass is 32.1. The summed E-state index contributed by atoms with van der Waals surface area (Å²) in [6.45, 7) is 8.74. The summed E-state index contributed by atoms with van der Waals surface area (Å²) in [7, 11) is 0. The van der Waals surface area contributed by atoms with Gasteiger partial charge in [0.15, 0.2) is 0 Å². The quantitative estimate of drug-likeness (QED) is 0.871. The van der Waals surface area contributed by atoms with Crippen LogP contribution in [0.15, 0.2) is 4.79 Å². The number of H-pyrrole nitrogens is 1. The lowest BCUT2D eigenvalue weighted by Gasteiger charge is -2.20. The molecule has 5 heteroatoms. The zero-order valence-corrected chi connectivity index (χ0v) is 15.3. The molecule has 2 heterocycles. The van der Waals surface area contributed by atoms with E-state index in [0.717, 1.165) is 41.7 Å². The van der Waals surface area contributed by atoms with E-state index in [1.807, 2.05) is 0 Å². The molecule has 2 aromatic heterocycles. The fraction of sp³-hybridized carbons (Fsp3) is 0.667. The van der Waals surface area contributed by atoms with E-state index in [2.05, 4.69) is 38.0 Å². The molecule has 0 bridgehead atoms. The molecular formula is C18H27N3OS. The summed E-state index contributed by atoms with van der Waals surface area (Å²) >= 11 is 1.72. The normalized spacial score (nSPS) is 19.3. The molecular weight excluding hydrogens is 306 g/mol. The zero-order valence-electron chi connectivity index (χ0n) is 14.5. The third-order valence-corrected chi connectivity index (χ3v) is 6.21. The van der Waals surface area contributed by atoms with Crippen molar-refractivity contribution in [2.45, 2.75) is 71.9 Å². The molecule has 1 aliphatic carbocycles. The first-order valence-corrected chi connectivity index (χ1v) is 9.65. The minimum atomic E-state index is 0.0373. The van der Waals surface area contributed by atoms with Crippen molar-refractivity contribution in [3.63, 3.8) is 0 Å². The van der Waals surface area contributed by atoms with Crippen LogP contribution in [0.25, 0.3) is 10.2 Å². The summed E-state index contributed by atoms with van der Waals surface area (Å²) < 4.78 is 0. The monoisotopic (exact) mass is 333 g/mol. The number of hydrogen-bond donors (Lipinski definition) is 2. The van der Waals surface area contributed by atoms with Crippen molar-refractivity contribution < 1.29 is 0 Å². The van der Waals surface area contributed by atoms with Crippen LogP contribution in [0.5, 0.6) is 0 Å². The SMILES string of the molecule is CCC(CC)N[C@H](C)c1nc2sc3c(c2c(=O)[nH]1)CC[C@@H](C)C3. The molecule has 126 valence electrons. The van der Waals surface area contributed by atoms with Crippen LogP contribution in [-0.2, 0) is 12.8 Å². The molecule has 1 aliphatic rings. The fourth-order valence-corrected chi connectivity index (χ4v) is 4.92. The van der Waals surface area contributed by atoms with E-state index in [9.17, 15) is 4.79 Å². The summed E-state index contributed by atoms with van der Waals surface area (Å²) in [4.78, 5) is 22.7. The molecule has 2 N–H and O–H groups in total. The smallest absolute Gasteiger partial charge is 0.259 e. The number of thiophene rings is 1. The molecule has 0 saturated carbocycles. The number of nitrogens with one attached hydrogen (secondary N) is 2. The van der Waals surface area contributed by atoms with E-state index in [4.69, 9.17) is 4.98 Å². The van der Waals surface area contributed by atoms with E-state index in [-0.39, 0.29) is 11.6 Å². The lowest BCUT2D eigenvalue weighted by molar-refractivity contribution is 0.421. The molecule has 2 aromatic rings. The van der Waals surface area contributed by atoms with Gasteiger partial charge in [-0.1, -0.05) is 20.8 Å². The highest BCUT2D eigenvalue weighted by molar-refractivity contribution is 7.18. The van der Waals surface area contributed by atoms with Crippen LogP contribution in [0.1, 0.15) is 69.3 Å². The van der Waals surface area contributed by atoms with Crippen LogP contribution in [-0.4, -0.2) is 16.0 Å². The Morgan fingerprint density at radius 1 is 1.39 bits per heavy atom. The number of rotatable bonds is 5. The lowest BCUT2D eigenvalue weighted by Crippen LogP contribution is -2.32. The van der Waals surface area contributed by atoms with Crippen molar-refractivity contribution in [1.29, 1.82) is 0 Å². The van der Waals surface area contributed by atoms with Crippen molar-refractivity contribution in [3.05, 3.63) is 26.6 Å². The number of fused-ring (bicyclic) bond motifs is 3. The average molecular weight is 334 g/mol. The van der Waals surface area contributed by atoms with E-state index in [1.165, 1.54) is 16.9 Å². The van der Waals surface area contributed by atoms with Crippen LogP contribution in [0.2, 0.25) is 0 Å². The summed E-state index contributed by atoms with van der Waals surface area (Å²) in [5.74, 6) is 1.48. The second-order valence-electron chi connectivity index (χ2n) is 6.88. The second kappa shape index (κ2) is 6.73. The second-order valence-corrected chi connectivity index (χ2v) is 7.97. The lowest BCUT2D eigenvalue weighted by atomic mass is 9.89. The maximum absolute atomic E-state index is 12.6. The first-order valence-electron chi connectivity index (χ1n) is 8.83. The van der Waals surface area contributed by atoms with Crippen LogP contribution in [0.4, 0.5) is 0 Å². The summed E-state index contributed by atoms with van der Waals surface area (Å²) in [5.41, 5.74) is 1.29. The molecule has 0 spiro atoms. The van der Waals surface area contributed by atoms with Crippen molar-refractivity contribution in [2.24, 2.45) is 5.92 Å². The fourth-order valence-electron chi connectivity index (χ4n) is 3.53. The van der Waals surface area contributed by atoms with Crippen molar-refractivity contribution >= 4 is 21.6 Å². The van der Waals surface area contributed by atoms with Gasteiger partial charge in [0.05, 0.1) is 11.4 Å². The minimum absolute atomic E-state index is 0.0373. The molecule has 4 nitrogen and oxygen atoms in total. The Morgan fingerprint density at radius 2 is 2.13 bits per heavy atom. The van der Waals surface area contributed by atoms with Gasteiger partial charge < -0.3 is 10.3 Å². The van der Waals surface area contributed by atoms with Crippen LogP contribution in [0, 0.1) is 5.92 Å².